The van der Waals surface area contributed by atoms with Crippen LogP contribution in [0.15, 0.2) is 18.5 Å². The molecular weight excluding hydrogens is 228 g/mol. The number of ether oxygens (including phenoxy) is 2. The fourth-order valence-electron chi connectivity index (χ4n) is 1.86. The normalized spacial score (nSPS) is 11.3. The zero-order chi connectivity index (χ0) is 13.2. The maximum atomic E-state index is 5.47. The SMILES string of the molecule is CCCn1ccc(CNCC(OCC)OCC)c1. The minimum atomic E-state index is -0.141. The van der Waals surface area contributed by atoms with E-state index in [1.807, 2.05) is 13.8 Å². The number of hydrogen-bond acceptors (Lipinski definition) is 3. The van der Waals surface area contributed by atoms with Gasteiger partial charge in [-0.05, 0) is 31.9 Å². The van der Waals surface area contributed by atoms with E-state index in [4.69, 9.17) is 9.47 Å². The van der Waals surface area contributed by atoms with Crippen LogP contribution in [0, 0.1) is 0 Å². The fraction of sp³-hybridized carbons (Fsp3) is 0.714. The molecule has 0 saturated carbocycles. The standard InChI is InChI=1S/C14H26N2O2/c1-4-8-16-9-7-13(12-16)10-15-11-14(17-5-2)18-6-3/h7,9,12,14-15H,4-6,8,10-11H2,1-3H3. The second kappa shape index (κ2) is 9.14. The molecule has 0 saturated heterocycles. The molecule has 1 heterocycles. The Kier molecular flexibility index (Phi) is 7.73. The zero-order valence-corrected chi connectivity index (χ0v) is 11.8. The molecule has 1 aromatic heterocycles. The van der Waals surface area contributed by atoms with Crippen LogP contribution in [-0.2, 0) is 22.6 Å². The third-order valence-corrected chi connectivity index (χ3v) is 2.64. The Morgan fingerprint density at radius 2 is 1.94 bits per heavy atom. The highest BCUT2D eigenvalue weighted by Gasteiger charge is 2.06. The number of hydrogen-bond donors (Lipinski definition) is 1. The van der Waals surface area contributed by atoms with Crippen molar-refractivity contribution in [2.24, 2.45) is 0 Å². The smallest absolute Gasteiger partial charge is 0.169 e. The summed E-state index contributed by atoms with van der Waals surface area (Å²) in [6, 6.07) is 2.15. The van der Waals surface area contributed by atoms with E-state index in [-0.39, 0.29) is 6.29 Å². The average molecular weight is 254 g/mol. The maximum absolute atomic E-state index is 5.47. The third-order valence-electron chi connectivity index (χ3n) is 2.64. The summed E-state index contributed by atoms with van der Waals surface area (Å²) in [7, 11) is 0. The van der Waals surface area contributed by atoms with Crippen molar-refractivity contribution in [1.29, 1.82) is 0 Å². The maximum Gasteiger partial charge on any atom is 0.169 e. The largest absolute Gasteiger partial charge is 0.354 e. The molecule has 0 fully saturated rings. The second-order valence-corrected chi connectivity index (χ2v) is 4.23. The van der Waals surface area contributed by atoms with Gasteiger partial charge in [-0.25, -0.2) is 0 Å². The highest BCUT2D eigenvalue weighted by Crippen LogP contribution is 2.02. The number of aryl methyl sites for hydroxylation is 1. The highest BCUT2D eigenvalue weighted by molar-refractivity contribution is 5.09. The molecule has 0 bridgehead atoms. The highest BCUT2D eigenvalue weighted by atomic mass is 16.7. The molecule has 0 aromatic carbocycles. The quantitative estimate of drug-likeness (QED) is 0.651. The van der Waals surface area contributed by atoms with Crippen LogP contribution in [-0.4, -0.2) is 30.6 Å². The molecule has 4 heteroatoms. The Bertz CT molecular complexity index is 306. The Morgan fingerprint density at radius 1 is 1.22 bits per heavy atom. The summed E-state index contributed by atoms with van der Waals surface area (Å²) >= 11 is 0. The van der Waals surface area contributed by atoms with Crippen molar-refractivity contribution in [2.45, 2.75) is 46.6 Å². The number of nitrogens with zero attached hydrogens (tertiary/aromatic N) is 1. The van der Waals surface area contributed by atoms with Crippen molar-refractivity contribution in [3.05, 3.63) is 24.0 Å². The van der Waals surface area contributed by atoms with Crippen molar-refractivity contribution in [2.75, 3.05) is 19.8 Å². The van der Waals surface area contributed by atoms with Crippen LogP contribution < -0.4 is 5.32 Å². The summed E-state index contributed by atoms with van der Waals surface area (Å²) in [5.41, 5.74) is 1.30. The van der Waals surface area contributed by atoms with Gasteiger partial charge in [0.15, 0.2) is 6.29 Å². The van der Waals surface area contributed by atoms with Gasteiger partial charge in [-0.2, -0.15) is 0 Å². The summed E-state index contributed by atoms with van der Waals surface area (Å²) in [5.74, 6) is 0. The molecule has 0 unspecified atom stereocenters. The molecule has 104 valence electrons. The lowest BCUT2D eigenvalue weighted by atomic mass is 10.3. The predicted molar refractivity (Wildman–Crippen MR) is 73.5 cm³/mol. The molecule has 1 N–H and O–H groups in total. The zero-order valence-electron chi connectivity index (χ0n) is 11.8. The van der Waals surface area contributed by atoms with Gasteiger partial charge < -0.3 is 19.4 Å². The monoisotopic (exact) mass is 254 g/mol. The molecule has 0 aliphatic carbocycles. The van der Waals surface area contributed by atoms with Crippen LogP contribution in [0.4, 0.5) is 0 Å². The minimum absolute atomic E-state index is 0.141. The lowest BCUT2D eigenvalue weighted by Crippen LogP contribution is -2.31. The van der Waals surface area contributed by atoms with E-state index in [2.05, 4.69) is 35.3 Å². The van der Waals surface area contributed by atoms with Crippen molar-refractivity contribution in [3.8, 4) is 0 Å². The number of rotatable bonds is 10. The van der Waals surface area contributed by atoms with Crippen molar-refractivity contribution < 1.29 is 9.47 Å². The van der Waals surface area contributed by atoms with Gasteiger partial charge in [-0.15, -0.1) is 0 Å². The van der Waals surface area contributed by atoms with E-state index < -0.39 is 0 Å². The molecule has 0 atom stereocenters. The lowest BCUT2D eigenvalue weighted by Gasteiger charge is -2.17. The van der Waals surface area contributed by atoms with Gasteiger partial charge in [0.1, 0.15) is 0 Å². The van der Waals surface area contributed by atoms with Crippen LogP contribution in [0.2, 0.25) is 0 Å². The first kappa shape index (κ1) is 15.2. The van der Waals surface area contributed by atoms with Gasteiger partial charge in [-0.1, -0.05) is 6.92 Å². The van der Waals surface area contributed by atoms with E-state index in [1.165, 1.54) is 5.56 Å². The summed E-state index contributed by atoms with van der Waals surface area (Å²) in [6.45, 7) is 10.2. The molecule has 18 heavy (non-hydrogen) atoms. The predicted octanol–water partition coefficient (Wildman–Crippen LogP) is 2.39. The van der Waals surface area contributed by atoms with E-state index >= 15 is 0 Å². The molecule has 0 amide bonds. The molecular formula is C14H26N2O2. The van der Waals surface area contributed by atoms with Crippen LogP contribution in [0.3, 0.4) is 0 Å². The lowest BCUT2D eigenvalue weighted by molar-refractivity contribution is -0.133. The molecule has 1 aromatic rings. The van der Waals surface area contributed by atoms with Crippen molar-refractivity contribution in [1.82, 2.24) is 9.88 Å². The van der Waals surface area contributed by atoms with E-state index in [0.29, 0.717) is 13.2 Å². The van der Waals surface area contributed by atoms with Gasteiger partial charge in [0.05, 0.1) is 0 Å². The van der Waals surface area contributed by atoms with E-state index in [1.54, 1.807) is 0 Å². The van der Waals surface area contributed by atoms with Crippen LogP contribution in [0.25, 0.3) is 0 Å². The fourth-order valence-corrected chi connectivity index (χ4v) is 1.86. The second-order valence-electron chi connectivity index (χ2n) is 4.23. The molecule has 0 aliphatic heterocycles. The van der Waals surface area contributed by atoms with Gasteiger partial charge in [0.25, 0.3) is 0 Å². The average Bonchev–Trinajstić information content (AvgIpc) is 2.78. The first-order valence-corrected chi connectivity index (χ1v) is 6.88. The Hall–Kier alpha value is -0.840. The minimum Gasteiger partial charge on any atom is -0.354 e. The Balaban J connectivity index is 2.25. The number of aromatic nitrogens is 1. The Labute approximate surface area is 110 Å². The van der Waals surface area contributed by atoms with E-state index in [9.17, 15) is 0 Å². The van der Waals surface area contributed by atoms with Gasteiger partial charge in [0, 0.05) is 45.2 Å². The van der Waals surface area contributed by atoms with Crippen LogP contribution >= 0.6 is 0 Å². The first-order valence-electron chi connectivity index (χ1n) is 6.88. The number of nitrogens with one attached hydrogen (secondary N) is 1. The summed E-state index contributed by atoms with van der Waals surface area (Å²) in [6.07, 6.45) is 5.34. The van der Waals surface area contributed by atoms with Crippen LogP contribution in [0.5, 0.6) is 0 Å². The molecule has 0 aliphatic rings. The summed E-state index contributed by atoms with van der Waals surface area (Å²) in [4.78, 5) is 0. The van der Waals surface area contributed by atoms with Gasteiger partial charge in [-0.3, -0.25) is 0 Å². The van der Waals surface area contributed by atoms with Crippen LogP contribution in [0.1, 0.15) is 32.8 Å². The van der Waals surface area contributed by atoms with Crippen molar-refractivity contribution >= 4 is 0 Å². The van der Waals surface area contributed by atoms with Gasteiger partial charge >= 0.3 is 0 Å². The summed E-state index contributed by atoms with van der Waals surface area (Å²) in [5, 5.41) is 3.36. The van der Waals surface area contributed by atoms with E-state index in [0.717, 1.165) is 26.1 Å². The first-order chi connectivity index (χ1) is 8.80. The topological polar surface area (TPSA) is 35.4 Å². The third kappa shape index (κ3) is 5.67. The van der Waals surface area contributed by atoms with Crippen molar-refractivity contribution in [3.63, 3.8) is 0 Å². The molecule has 0 spiro atoms. The molecule has 1 rings (SSSR count). The van der Waals surface area contributed by atoms with Gasteiger partial charge in [0.2, 0.25) is 0 Å². The summed E-state index contributed by atoms with van der Waals surface area (Å²) < 4.78 is 13.2. The Morgan fingerprint density at radius 3 is 2.56 bits per heavy atom. The molecule has 0 radical (unpaired) electrons. The molecule has 4 nitrogen and oxygen atoms in total.